The summed E-state index contributed by atoms with van der Waals surface area (Å²) in [4.78, 5) is 10.4. The number of ether oxygens (including phenoxy) is 1. The lowest BCUT2D eigenvalue weighted by Gasteiger charge is -2.28. The predicted octanol–water partition coefficient (Wildman–Crippen LogP) is 4.81. The Labute approximate surface area is 190 Å². The molecule has 0 amide bonds. The van der Waals surface area contributed by atoms with Crippen LogP contribution in [0.15, 0.2) is 48.7 Å². The van der Waals surface area contributed by atoms with Crippen LogP contribution in [0, 0.1) is 17.4 Å². The number of hydrogen-bond donors (Lipinski definition) is 2. The summed E-state index contributed by atoms with van der Waals surface area (Å²) in [7, 11) is 1.68. The van der Waals surface area contributed by atoms with Crippen LogP contribution in [-0.4, -0.2) is 27.1 Å². The minimum Gasteiger partial charge on any atom is -0.497 e. The van der Waals surface area contributed by atoms with Crippen molar-refractivity contribution < 1.29 is 4.74 Å². The van der Waals surface area contributed by atoms with E-state index in [-0.39, 0.29) is 12.1 Å². The van der Waals surface area contributed by atoms with E-state index in [9.17, 15) is 0 Å². The predicted molar refractivity (Wildman–Crippen MR) is 127 cm³/mol. The van der Waals surface area contributed by atoms with Crippen LogP contribution in [0.1, 0.15) is 40.3 Å². The number of hydrogen-bond acceptors (Lipinski definition) is 3. The molecule has 0 radical (unpaired) electrons. The van der Waals surface area contributed by atoms with Gasteiger partial charge in [0.1, 0.15) is 5.75 Å². The van der Waals surface area contributed by atoms with Crippen LogP contribution in [0.5, 0.6) is 5.75 Å². The number of H-pyrrole nitrogens is 1. The average molecular weight is 518 g/mol. The fourth-order valence-corrected chi connectivity index (χ4v) is 5.10. The fourth-order valence-electron chi connectivity index (χ4n) is 3.94. The number of methoxy groups -OCH3 is 1. The zero-order valence-electron chi connectivity index (χ0n) is 16.6. The van der Waals surface area contributed by atoms with Gasteiger partial charge in [0.25, 0.3) is 0 Å². The smallest absolute Gasteiger partial charge is 0.170 e. The molecule has 0 spiro atoms. The molecule has 0 bridgehead atoms. The molecule has 1 aliphatic heterocycles. The number of nitrogens with one attached hydrogen (secondary N) is 2. The Hall–Kier alpha value is -2.13. The second-order valence-corrected chi connectivity index (χ2v) is 8.67. The highest BCUT2D eigenvalue weighted by molar-refractivity contribution is 14.1. The van der Waals surface area contributed by atoms with Crippen molar-refractivity contribution in [3.05, 3.63) is 80.4 Å². The second kappa shape index (κ2) is 8.31. The van der Waals surface area contributed by atoms with Gasteiger partial charge in [-0.3, -0.25) is 4.98 Å². The van der Waals surface area contributed by atoms with Gasteiger partial charge < -0.3 is 19.9 Å². The molecule has 29 heavy (non-hydrogen) atoms. The third-order valence-corrected chi connectivity index (χ3v) is 7.09. The van der Waals surface area contributed by atoms with Crippen molar-refractivity contribution in [1.82, 2.24) is 20.2 Å². The highest BCUT2D eigenvalue weighted by Crippen LogP contribution is 2.43. The van der Waals surface area contributed by atoms with Gasteiger partial charge in [-0.25, -0.2) is 0 Å². The molecule has 1 aliphatic rings. The average Bonchev–Trinajstić information content (AvgIpc) is 3.18. The number of aromatic nitrogens is 2. The summed E-state index contributed by atoms with van der Waals surface area (Å²) in [5.74, 6) is 0.852. The van der Waals surface area contributed by atoms with Crippen LogP contribution < -0.4 is 10.1 Å². The van der Waals surface area contributed by atoms with Gasteiger partial charge in [0.15, 0.2) is 5.11 Å². The highest BCUT2D eigenvalue weighted by Gasteiger charge is 2.42. The molecule has 3 heterocycles. The summed E-state index contributed by atoms with van der Waals surface area (Å²) < 4.78 is 6.54. The van der Waals surface area contributed by atoms with Gasteiger partial charge in [-0.1, -0.05) is 18.2 Å². The van der Waals surface area contributed by atoms with Crippen LogP contribution in [0.25, 0.3) is 0 Å². The number of halogens is 1. The highest BCUT2D eigenvalue weighted by atomic mass is 127. The molecule has 0 aliphatic carbocycles. The summed E-state index contributed by atoms with van der Waals surface area (Å²) >= 11 is 8.22. The van der Waals surface area contributed by atoms with Crippen LogP contribution >= 0.6 is 34.8 Å². The summed E-state index contributed by atoms with van der Waals surface area (Å²) in [5.41, 5.74) is 5.80. The molecule has 5 nitrogen and oxygen atoms in total. The molecule has 3 aromatic rings. The number of benzene rings is 1. The van der Waals surface area contributed by atoms with Gasteiger partial charge in [-0.15, -0.1) is 0 Å². The normalized spacial score (nSPS) is 18.8. The number of aromatic amines is 1. The lowest BCUT2D eigenvalue weighted by Crippen LogP contribution is -2.29. The zero-order valence-corrected chi connectivity index (χ0v) is 19.5. The maximum absolute atomic E-state index is 5.79. The first-order valence-electron chi connectivity index (χ1n) is 9.45. The van der Waals surface area contributed by atoms with Crippen LogP contribution in [-0.2, 0) is 6.54 Å². The van der Waals surface area contributed by atoms with Crippen molar-refractivity contribution in [2.45, 2.75) is 32.5 Å². The van der Waals surface area contributed by atoms with Gasteiger partial charge in [0.2, 0.25) is 0 Å². The van der Waals surface area contributed by atoms with E-state index in [2.05, 4.69) is 74.8 Å². The van der Waals surface area contributed by atoms with E-state index in [1.165, 1.54) is 26.1 Å². The number of aryl methyl sites for hydroxylation is 2. The van der Waals surface area contributed by atoms with Gasteiger partial charge in [-0.2, -0.15) is 0 Å². The van der Waals surface area contributed by atoms with E-state index >= 15 is 0 Å². The minimum absolute atomic E-state index is 0.00985. The standard InChI is InChI=1S/C22H23IN4OS/c1-13-18(19(23)14(2)25-13)21-20(17-6-4-5-11-24-17)26-22(29)27(21)12-15-7-9-16(28-3)10-8-15/h4-11,20-21,25H,12H2,1-3H3,(H,26,29). The van der Waals surface area contributed by atoms with Crippen molar-refractivity contribution >= 4 is 39.9 Å². The third-order valence-electron chi connectivity index (χ3n) is 5.35. The monoisotopic (exact) mass is 518 g/mol. The Morgan fingerprint density at radius 3 is 2.48 bits per heavy atom. The molecule has 4 rings (SSSR count). The van der Waals surface area contributed by atoms with Crippen molar-refractivity contribution in [1.29, 1.82) is 0 Å². The van der Waals surface area contributed by atoms with Crippen LogP contribution in [0.2, 0.25) is 0 Å². The number of pyridine rings is 1. The molecule has 1 aromatic carbocycles. The van der Waals surface area contributed by atoms with E-state index in [1.807, 2.05) is 30.5 Å². The minimum atomic E-state index is -0.00985. The van der Waals surface area contributed by atoms with E-state index in [0.29, 0.717) is 6.54 Å². The SMILES string of the molecule is COc1ccc(CN2C(=S)NC(c3ccccn3)C2c2c(C)[nH]c(C)c2I)cc1. The molecule has 0 saturated carbocycles. The van der Waals surface area contributed by atoms with E-state index in [0.717, 1.165) is 16.6 Å². The zero-order chi connectivity index (χ0) is 20.5. The van der Waals surface area contributed by atoms with Gasteiger partial charge >= 0.3 is 0 Å². The van der Waals surface area contributed by atoms with Gasteiger partial charge in [-0.05, 0) is 78.5 Å². The molecular weight excluding hydrogens is 495 g/mol. The fraction of sp³-hybridized carbons (Fsp3) is 0.273. The summed E-state index contributed by atoms with van der Waals surface area (Å²) in [6, 6.07) is 14.2. The first-order chi connectivity index (χ1) is 14.0. The molecule has 2 atom stereocenters. The van der Waals surface area contributed by atoms with Gasteiger partial charge in [0, 0.05) is 33.3 Å². The van der Waals surface area contributed by atoms with Crippen molar-refractivity contribution in [2.24, 2.45) is 0 Å². The first kappa shape index (κ1) is 20.2. The van der Waals surface area contributed by atoms with E-state index < -0.39 is 0 Å². The summed E-state index contributed by atoms with van der Waals surface area (Å²) in [5, 5.41) is 4.27. The maximum Gasteiger partial charge on any atom is 0.170 e. The molecular formula is C22H23IN4OS. The lowest BCUT2D eigenvalue weighted by molar-refractivity contribution is 0.309. The molecule has 1 fully saturated rings. The summed E-state index contributed by atoms with van der Waals surface area (Å²) in [6.07, 6.45) is 1.84. The van der Waals surface area contributed by atoms with Gasteiger partial charge in [0.05, 0.1) is 24.9 Å². The van der Waals surface area contributed by atoms with E-state index in [1.54, 1.807) is 7.11 Å². The number of nitrogens with zero attached hydrogens (tertiary/aromatic N) is 2. The first-order valence-corrected chi connectivity index (χ1v) is 10.9. The molecule has 7 heteroatoms. The number of rotatable bonds is 5. The molecule has 2 aromatic heterocycles. The third kappa shape index (κ3) is 3.85. The topological polar surface area (TPSA) is 53.2 Å². The van der Waals surface area contributed by atoms with Crippen LogP contribution in [0.4, 0.5) is 0 Å². The quantitative estimate of drug-likeness (QED) is 0.375. The van der Waals surface area contributed by atoms with Crippen LogP contribution in [0.3, 0.4) is 0 Å². The lowest BCUT2D eigenvalue weighted by atomic mass is 9.96. The Morgan fingerprint density at radius 1 is 1.14 bits per heavy atom. The largest absolute Gasteiger partial charge is 0.497 e. The molecule has 2 unspecified atom stereocenters. The van der Waals surface area contributed by atoms with Crippen molar-refractivity contribution in [3.8, 4) is 5.75 Å². The Bertz CT molecular complexity index is 1020. The Kier molecular flexibility index (Phi) is 5.78. The Balaban J connectivity index is 1.76. The number of thiocarbonyl (C=S) groups is 1. The molecule has 2 N–H and O–H groups in total. The summed E-state index contributed by atoms with van der Waals surface area (Å²) in [6.45, 7) is 4.96. The molecule has 150 valence electrons. The van der Waals surface area contributed by atoms with Crippen molar-refractivity contribution in [2.75, 3.05) is 7.11 Å². The Morgan fingerprint density at radius 2 is 1.90 bits per heavy atom. The van der Waals surface area contributed by atoms with Crippen molar-refractivity contribution in [3.63, 3.8) is 0 Å². The van der Waals surface area contributed by atoms with E-state index in [4.69, 9.17) is 17.0 Å². The maximum atomic E-state index is 5.79. The molecule has 1 saturated heterocycles. The second-order valence-electron chi connectivity index (χ2n) is 7.21.